The minimum absolute atomic E-state index is 0.174. The summed E-state index contributed by atoms with van der Waals surface area (Å²) in [4.78, 5) is 0. The standard InChI is InChI=1S/C13H14N4O2/c1-19-7-6-17-12(9-18)15-16-13(17)11-4-2-10(8-14)3-5-11/h2-5,18H,6-7,9H2,1H3. The number of rotatable bonds is 5. The van der Waals surface area contributed by atoms with E-state index in [1.165, 1.54) is 0 Å². The molecule has 6 heteroatoms. The van der Waals surface area contributed by atoms with Gasteiger partial charge in [0.25, 0.3) is 0 Å². The third-order valence-electron chi connectivity index (χ3n) is 2.76. The van der Waals surface area contributed by atoms with E-state index in [1.807, 2.05) is 16.7 Å². The Hall–Kier alpha value is -2.23. The number of aliphatic hydroxyl groups is 1. The Balaban J connectivity index is 2.37. The van der Waals surface area contributed by atoms with Gasteiger partial charge in [-0.2, -0.15) is 5.26 Å². The summed E-state index contributed by atoms with van der Waals surface area (Å²) in [5.74, 6) is 1.15. The third-order valence-corrected chi connectivity index (χ3v) is 2.76. The maximum atomic E-state index is 9.25. The number of nitriles is 1. The molecule has 0 radical (unpaired) electrons. The first-order valence-corrected chi connectivity index (χ1v) is 5.82. The zero-order valence-electron chi connectivity index (χ0n) is 10.6. The van der Waals surface area contributed by atoms with Gasteiger partial charge in [0, 0.05) is 19.2 Å². The molecular formula is C13H14N4O2. The summed E-state index contributed by atoms with van der Waals surface area (Å²) in [5, 5.41) is 26.1. The van der Waals surface area contributed by atoms with Crippen LogP contribution in [0.1, 0.15) is 11.4 Å². The average molecular weight is 258 g/mol. The molecule has 0 unspecified atom stereocenters. The molecule has 98 valence electrons. The van der Waals surface area contributed by atoms with E-state index >= 15 is 0 Å². The van der Waals surface area contributed by atoms with Crippen molar-refractivity contribution in [2.75, 3.05) is 13.7 Å². The van der Waals surface area contributed by atoms with Gasteiger partial charge >= 0.3 is 0 Å². The molecular weight excluding hydrogens is 244 g/mol. The molecule has 0 bridgehead atoms. The molecule has 0 atom stereocenters. The molecule has 6 nitrogen and oxygen atoms in total. The minimum Gasteiger partial charge on any atom is -0.388 e. The molecule has 0 aliphatic heterocycles. The number of hydrogen-bond acceptors (Lipinski definition) is 5. The molecule has 1 heterocycles. The maximum Gasteiger partial charge on any atom is 0.164 e. The maximum absolute atomic E-state index is 9.25. The van der Waals surface area contributed by atoms with Gasteiger partial charge in [0.05, 0.1) is 18.2 Å². The normalized spacial score (nSPS) is 10.4. The van der Waals surface area contributed by atoms with E-state index in [9.17, 15) is 5.11 Å². The first-order valence-electron chi connectivity index (χ1n) is 5.82. The lowest BCUT2D eigenvalue weighted by Gasteiger charge is -2.08. The lowest BCUT2D eigenvalue weighted by Crippen LogP contribution is -2.10. The number of hydrogen-bond donors (Lipinski definition) is 1. The Kier molecular flexibility index (Phi) is 4.23. The van der Waals surface area contributed by atoms with Gasteiger partial charge in [0.1, 0.15) is 6.61 Å². The highest BCUT2D eigenvalue weighted by molar-refractivity contribution is 5.56. The number of aliphatic hydroxyl groups excluding tert-OH is 1. The van der Waals surface area contributed by atoms with Crippen LogP contribution < -0.4 is 0 Å². The van der Waals surface area contributed by atoms with Crippen LogP contribution in [0, 0.1) is 11.3 Å². The zero-order chi connectivity index (χ0) is 13.7. The van der Waals surface area contributed by atoms with Crippen LogP contribution >= 0.6 is 0 Å². The minimum atomic E-state index is -0.174. The molecule has 2 aromatic rings. The van der Waals surface area contributed by atoms with Gasteiger partial charge in [-0.1, -0.05) is 0 Å². The highest BCUT2D eigenvalue weighted by atomic mass is 16.5. The number of aromatic nitrogens is 3. The van der Waals surface area contributed by atoms with Gasteiger partial charge in [0.2, 0.25) is 0 Å². The highest BCUT2D eigenvalue weighted by Gasteiger charge is 2.12. The van der Waals surface area contributed by atoms with E-state index < -0.39 is 0 Å². The van der Waals surface area contributed by atoms with Crippen molar-refractivity contribution in [1.29, 1.82) is 5.26 Å². The van der Waals surface area contributed by atoms with Crippen LogP contribution in [0.15, 0.2) is 24.3 Å². The SMILES string of the molecule is COCCn1c(CO)nnc1-c1ccc(C#N)cc1. The van der Waals surface area contributed by atoms with Crippen LogP contribution in [0.5, 0.6) is 0 Å². The van der Waals surface area contributed by atoms with Crippen LogP contribution in [0.3, 0.4) is 0 Å². The second kappa shape index (κ2) is 6.09. The van der Waals surface area contributed by atoms with Crippen LogP contribution in [-0.2, 0) is 17.9 Å². The molecule has 0 saturated heterocycles. The highest BCUT2D eigenvalue weighted by Crippen LogP contribution is 2.19. The topological polar surface area (TPSA) is 84.0 Å². The molecule has 0 fully saturated rings. The number of ether oxygens (including phenoxy) is 1. The van der Waals surface area contributed by atoms with Crippen molar-refractivity contribution < 1.29 is 9.84 Å². The van der Waals surface area contributed by atoms with Crippen molar-refractivity contribution in [3.8, 4) is 17.5 Å². The van der Waals surface area contributed by atoms with Gasteiger partial charge in [-0.15, -0.1) is 10.2 Å². The third kappa shape index (κ3) is 2.78. The lowest BCUT2D eigenvalue weighted by atomic mass is 10.1. The first-order chi connectivity index (χ1) is 9.30. The second-order valence-corrected chi connectivity index (χ2v) is 3.93. The van der Waals surface area contributed by atoms with Crippen LogP contribution in [0.25, 0.3) is 11.4 Å². The van der Waals surface area contributed by atoms with E-state index in [-0.39, 0.29) is 6.61 Å². The second-order valence-electron chi connectivity index (χ2n) is 3.93. The Labute approximate surface area is 110 Å². The van der Waals surface area contributed by atoms with Crippen LogP contribution in [0.4, 0.5) is 0 Å². The summed E-state index contributed by atoms with van der Waals surface area (Å²) < 4.78 is 6.85. The van der Waals surface area contributed by atoms with Crippen molar-refractivity contribution in [3.63, 3.8) is 0 Å². The Morgan fingerprint density at radius 2 is 2.05 bits per heavy atom. The van der Waals surface area contributed by atoms with Gasteiger partial charge in [0.15, 0.2) is 11.6 Å². The van der Waals surface area contributed by atoms with E-state index in [0.29, 0.717) is 30.4 Å². The van der Waals surface area contributed by atoms with E-state index in [0.717, 1.165) is 5.56 Å². The Morgan fingerprint density at radius 1 is 1.32 bits per heavy atom. The predicted molar refractivity (Wildman–Crippen MR) is 68.0 cm³/mol. The molecule has 2 rings (SSSR count). The van der Waals surface area contributed by atoms with Crippen molar-refractivity contribution in [1.82, 2.24) is 14.8 Å². The smallest absolute Gasteiger partial charge is 0.164 e. The van der Waals surface area contributed by atoms with Crippen molar-refractivity contribution in [2.24, 2.45) is 0 Å². The fourth-order valence-electron chi connectivity index (χ4n) is 1.78. The van der Waals surface area contributed by atoms with E-state index in [2.05, 4.69) is 16.3 Å². The van der Waals surface area contributed by atoms with Crippen LogP contribution in [0.2, 0.25) is 0 Å². The number of nitrogens with zero attached hydrogens (tertiary/aromatic N) is 4. The Morgan fingerprint density at radius 3 is 2.63 bits per heavy atom. The molecule has 0 spiro atoms. The van der Waals surface area contributed by atoms with E-state index in [4.69, 9.17) is 10.00 Å². The molecule has 1 aromatic carbocycles. The number of methoxy groups -OCH3 is 1. The fourth-order valence-corrected chi connectivity index (χ4v) is 1.78. The molecule has 0 aliphatic carbocycles. The van der Waals surface area contributed by atoms with Crippen molar-refractivity contribution in [2.45, 2.75) is 13.2 Å². The molecule has 0 amide bonds. The lowest BCUT2D eigenvalue weighted by molar-refractivity contribution is 0.183. The molecule has 19 heavy (non-hydrogen) atoms. The van der Waals surface area contributed by atoms with Gasteiger partial charge in [-0.05, 0) is 24.3 Å². The largest absolute Gasteiger partial charge is 0.388 e. The predicted octanol–water partition coefficient (Wildman–Crippen LogP) is 0.955. The molecule has 0 aliphatic rings. The summed E-state index contributed by atoms with van der Waals surface area (Å²) in [6, 6.07) is 9.14. The molecule has 1 aromatic heterocycles. The summed E-state index contributed by atoms with van der Waals surface area (Å²) in [6.07, 6.45) is 0. The summed E-state index contributed by atoms with van der Waals surface area (Å²) in [5.41, 5.74) is 1.44. The zero-order valence-corrected chi connectivity index (χ0v) is 10.6. The Bertz CT molecular complexity index is 584. The summed E-state index contributed by atoms with van der Waals surface area (Å²) in [6.45, 7) is 0.899. The van der Waals surface area contributed by atoms with E-state index in [1.54, 1.807) is 19.2 Å². The van der Waals surface area contributed by atoms with Gasteiger partial charge in [-0.3, -0.25) is 0 Å². The van der Waals surface area contributed by atoms with Gasteiger partial charge < -0.3 is 14.4 Å². The first kappa shape index (κ1) is 13.2. The van der Waals surface area contributed by atoms with Crippen molar-refractivity contribution >= 4 is 0 Å². The summed E-state index contributed by atoms with van der Waals surface area (Å²) >= 11 is 0. The number of benzene rings is 1. The van der Waals surface area contributed by atoms with Crippen molar-refractivity contribution in [3.05, 3.63) is 35.7 Å². The molecule has 0 saturated carbocycles. The van der Waals surface area contributed by atoms with Crippen LogP contribution in [-0.4, -0.2) is 33.6 Å². The van der Waals surface area contributed by atoms with Gasteiger partial charge in [-0.25, -0.2) is 0 Å². The quantitative estimate of drug-likeness (QED) is 0.863. The monoisotopic (exact) mass is 258 g/mol. The summed E-state index contributed by atoms with van der Waals surface area (Å²) in [7, 11) is 1.62. The average Bonchev–Trinajstić information content (AvgIpc) is 2.88. The fraction of sp³-hybridized carbons (Fsp3) is 0.308. The molecule has 1 N–H and O–H groups in total.